The van der Waals surface area contributed by atoms with Gasteiger partial charge in [0.05, 0.1) is 12.8 Å². The first-order valence-corrected chi connectivity index (χ1v) is 8.93. The second kappa shape index (κ2) is 6.23. The average Bonchev–Trinajstić information content (AvgIpc) is 2.98. The van der Waals surface area contributed by atoms with Gasteiger partial charge >= 0.3 is 0 Å². The highest BCUT2D eigenvalue weighted by atomic mass is 32.2. The lowest BCUT2D eigenvalue weighted by atomic mass is 10.3. The highest BCUT2D eigenvalue weighted by Gasteiger charge is 2.20. The number of rotatable bonds is 6. The molecule has 0 aromatic carbocycles. The van der Waals surface area contributed by atoms with Gasteiger partial charge in [-0.05, 0) is 34.5 Å². The Kier molecular flexibility index (Phi) is 4.61. The number of hydrogen-bond donors (Lipinski definition) is 0. The summed E-state index contributed by atoms with van der Waals surface area (Å²) in [7, 11) is -3.35. The largest absolute Gasteiger partial charge is 0.467 e. The van der Waals surface area contributed by atoms with E-state index in [9.17, 15) is 13.2 Å². The first-order chi connectivity index (χ1) is 9.44. The molecule has 0 atom stereocenters. The Morgan fingerprint density at radius 1 is 1.35 bits per heavy atom. The molecule has 2 rings (SSSR count). The lowest BCUT2D eigenvalue weighted by Crippen LogP contribution is -2.34. The van der Waals surface area contributed by atoms with Gasteiger partial charge in [0, 0.05) is 12.8 Å². The number of thiophene rings is 1. The van der Waals surface area contributed by atoms with Gasteiger partial charge in [0.15, 0.2) is 9.84 Å². The molecule has 0 aliphatic heterocycles. The van der Waals surface area contributed by atoms with Crippen LogP contribution in [0, 0.1) is 0 Å². The molecule has 108 valence electrons. The lowest BCUT2D eigenvalue weighted by Gasteiger charge is -2.20. The minimum absolute atomic E-state index is 0.261. The van der Waals surface area contributed by atoms with Crippen LogP contribution in [-0.4, -0.2) is 31.2 Å². The summed E-state index contributed by atoms with van der Waals surface area (Å²) in [6, 6.07) is 5.40. The second-order valence-corrected chi connectivity index (χ2v) is 7.45. The van der Waals surface area contributed by atoms with Gasteiger partial charge in [-0.1, -0.05) is 0 Å². The molecular weight excluding hydrogens is 298 g/mol. The van der Waals surface area contributed by atoms with Gasteiger partial charge in [0.25, 0.3) is 0 Å². The van der Waals surface area contributed by atoms with E-state index in [2.05, 4.69) is 0 Å². The molecule has 2 aromatic rings. The van der Waals surface area contributed by atoms with Crippen LogP contribution in [-0.2, 0) is 27.7 Å². The Bertz CT molecular complexity index is 608. The van der Waals surface area contributed by atoms with Gasteiger partial charge < -0.3 is 9.32 Å². The molecule has 0 spiro atoms. The second-order valence-electron chi connectivity index (χ2n) is 4.53. The van der Waals surface area contributed by atoms with Gasteiger partial charge in [-0.15, -0.1) is 0 Å². The summed E-state index contributed by atoms with van der Waals surface area (Å²) < 4.78 is 27.8. The molecule has 0 N–H and O–H groups in total. The van der Waals surface area contributed by atoms with E-state index in [1.54, 1.807) is 12.1 Å². The maximum absolute atomic E-state index is 12.1. The van der Waals surface area contributed by atoms with E-state index < -0.39 is 21.5 Å². The summed E-state index contributed by atoms with van der Waals surface area (Å²) >= 11 is 1.53. The van der Waals surface area contributed by atoms with Crippen LogP contribution in [0.15, 0.2) is 39.6 Å². The average molecular weight is 313 g/mol. The predicted octanol–water partition coefficient (Wildman–Crippen LogP) is 1.91. The lowest BCUT2D eigenvalue weighted by molar-refractivity contribution is -0.129. The standard InChI is InChI=1S/C13H15NO4S2/c1-20(16,17)10-13(15)14(7-11-4-6-19-9-11)8-12-3-2-5-18-12/h2-6,9H,7-8,10H2,1H3. The van der Waals surface area contributed by atoms with Crippen molar-refractivity contribution in [3.05, 3.63) is 46.5 Å². The summed E-state index contributed by atoms with van der Waals surface area (Å²) in [6.07, 6.45) is 2.58. The molecule has 0 bridgehead atoms. The molecule has 0 unspecified atom stereocenters. The molecule has 1 amide bonds. The third-order valence-corrected chi connectivity index (χ3v) is 4.12. The molecular formula is C13H15NO4S2. The third kappa shape index (κ3) is 4.50. The van der Waals surface area contributed by atoms with Gasteiger partial charge in [-0.25, -0.2) is 8.42 Å². The number of nitrogens with zero attached hydrogens (tertiary/aromatic N) is 1. The van der Waals surface area contributed by atoms with Crippen LogP contribution >= 0.6 is 11.3 Å². The Balaban J connectivity index is 2.12. The van der Waals surface area contributed by atoms with E-state index in [0.717, 1.165) is 11.8 Å². The van der Waals surface area contributed by atoms with Crippen molar-refractivity contribution in [2.75, 3.05) is 12.0 Å². The highest BCUT2D eigenvalue weighted by molar-refractivity contribution is 7.91. The number of carbonyl (C=O) groups is 1. The zero-order chi connectivity index (χ0) is 14.6. The molecule has 0 saturated carbocycles. The van der Waals surface area contributed by atoms with E-state index in [1.807, 2.05) is 16.8 Å². The van der Waals surface area contributed by atoms with Crippen LogP contribution in [0.3, 0.4) is 0 Å². The van der Waals surface area contributed by atoms with Crippen LogP contribution < -0.4 is 0 Å². The van der Waals surface area contributed by atoms with Gasteiger partial charge in [-0.3, -0.25) is 4.79 Å². The SMILES string of the molecule is CS(=O)(=O)CC(=O)N(Cc1ccsc1)Cc1ccco1. The molecule has 0 radical (unpaired) electrons. The topological polar surface area (TPSA) is 67.6 Å². The van der Waals surface area contributed by atoms with Crippen molar-refractivity contribution in [2.24, 2.45) is 0 Å². The number of hydrogen-bond acceptors (Lipinski definition) is 5. The van der Waals surface area contributed by atoms with Crippen molar-refractivity contribution in [3.8, 4) is 0 Å². The first kappa shape index (κ1) is 14.8. The van der Waals surface area contributed by atoms with Crippen molar-refractivity contribution in [1.29, 1.82) is 0 Å². The predicted molar refractivity (Wildman–Crippen MR) is 77.0 cm³/mol. The normalized spacial score (nSPS) is 11.4. The molecule has 20 heavy (non-hydrogen) atoms. The minimum atomic E-state index is -3.35. The highest BCUT2D eigenvalue weighted by Crippen LogP contribution is 2.13. The molecule has 0 saturated heterocycles. The van der Waals surface area contributed by atoms with E-state index in [4.69, 9.17) is 4.42 Å². The summed E-state index contributed by atoms with van der Waals surface area (Å²) in [5.74, 6) is -0.283. The van der Waals surface area contributed by atoms with Crippen molar-refractivity contribution < 1.29 is 17.6 Å². The summed E-state index contributed by atoms with van der Waals surface area (Å²) in [4.78, 5) is 13.6. The van der Waals surface area contributed by atoms with Crippen LogP contribution in [0.2, 0.25) is 0 Å². The number of carbonyl (C=O) groups excluding carboxylic acids is 1. The fourth-order valence-corrected chi connectivity index (χ4v) is 3.03. The number of sulfone groups is 1. The van der Waals surface area contributed by atoms with E-state index >= 15 is 0 Å². The van der Waals surface area contributed by atoms with Crippen molar-refractivity contribution >= 4 is 27.1 Å². The fraction of sp³-hybridized carbons (Fsp3) is 0.308. The maximum Gasteiger partial charge on any atom is 0.238 e. The van der Waals surface area contributed by atoms with Crippen LogP contribution in [0.5, 0.6) is 0 Å². The van der Waals surface area contributed by atoms with Crippen molar-refractivity contribution in [3.63, 3.8) is 0 Å². The molecule has 0 fully saturated rings. The third-order valence-electron chi connectivity index (χ3n) is 2.62. The molecule has 5 nitrogen and oxygen atoms in total. The Morgan fingerprint density at radius 2 is 2.15 bits per heavy atom. The van der Waals surface area contributed by atoms with Crippen molar-refractivity contribution in [1.82, 2.24) is 4.90 Å². The van der Waals surface area contributed by atoms with E-state index in [0.29, 0.717) is 12.3 Å². The van der Waals surface area contributed by atoms with E-state index in [1.165, 1.54) is 22.5 Å². The molecule has 0 aliphatic rings. The van der Waals surface area contributed by atoms with Gasteiger partial charge in [0.1, 0.15) is 11.5 Å². The maximum atomic E-state index is 12.1. The molecule has 7 heteroatoms. The zero-order valence-corrected chi connectivity index (χ0v) is 12.6. The zero-order valence-electron chi connectivity index (χ0n) is 11.0. The molecule has 0 aliphatic carbocycles. The Morgan fingerprint density at radius 3 is 2.70 bits per heavy atom. The van der Waals surface area contributed by atoms with Crippen LogP contribution in [0.1, 0.15) is 11.3 Å². The van der Waals surface area contributed by atoms with E-state index in [-0.39, 0.29) is 6.54 Å². The summed E-state index contributed by atoms with van der Waals surface area (Å²) in [5, 5.41) is 3.85. The van der Waals surface area contributed by atoms with Crippen LogP contribution in [0.4, 0.5) is 0 Å². The fourth-order valence-electron chi connectivity index (χ4n) is 1.74. The summed E-state index contributed by atoms with van der Waals surface area (Å²) in [5.41, 5.74) is 0.975. The first-order valence-electron chi connectivity index (χ1n) is 5.93. The van der Waals surface area contributed by atoms with Gasteiger partial charge in [0.2, 0.25) is 5.91 Å². The summed E-state index contributed by atoms with van der Waals surface area (Å²) in [6.45, 7) is 0.635. The van der Waals surface area contributed by atoms with Gasteiger partial charge in [-0.2, -0.15) is 11.3 Å². The monoisotopic (exact) mass is 313 g/mol. The van der Waals surface area contributed by atoms with Crippen LogP contribution in [0.25, 0.3) is 0 Å². The minimum Gasteiger partial charge on any atom is -0.467 e. The number of amides is 1. The smallest absolute Gasteiger partial charge is 0.238 e. The number of furan rings is 1. The quantitative estimate of drug-likeness (QED) is 0.817. The Labute approximate surface area is 121 Å². The van der Waals surface area contributed by atoms with Crippen molar-refractivity contribution in [2.45, 2.75) is 13.1 Å². The molecule has 2 aromatic heterocycles. The Hall–Kier alpha value is -1.60. The molecule has 2 heterocycles.